The molecule has 1 aromatic heterocycles. The summed E-state index contributed by atoms with van der Waals surface area (Å²) in [7, 11) is 0. The molecule has 182 valence electrons. The monoisotopic (exact) mass is 553 g/mol. The van der Waals surface area contributed by atoms with Gasteiger partial charge in [0.1, 0.15) is 0 Å². The number of benzene rings is 5. The minimum Gasteiger partial charge on any atom is -0.208 e. The minimum atomic E-state index is -0.0418. The average molecular weight is 554 g/mol. The molecule has 0 saturated carbocycles. The number of nitrogens with zero attached hydrogens (tertiary/aromatic N) is 3. The van der Waals surface area contributed by atoms with Crippen LogP contribution in [0.15, 0.2) is 114 Å². The third-order valence-corrected chi connectivity index (χ3v) is 8.24. The summed E-state index contributed by atoms with van der Waals surface area (Å²) in [5.41, 5.74) is 8.06. The van der Waals surface area contributed by atoms with E-state index in [0.717, 1.165) is 26.5 Å². The molecule has 0 radical (unpaired) electrons. The molecule has 0 aliphatic heterocycles. The normalized spacial score (nSPS) is 13.3. The summed E-state index contributed by atoms with van der Waals surface area (Å²) in [6.07, 6.45) is 0. The molecular weight excluding hydrogens is 530 g/mol. The van der Waals surface area contributed by atoms with Crippen molar-refractivity contribution in [2.45, 2.75) is 19.3 Å². The Morgan fingerprint density at radius 1 is 0.500 bits per heavy atom. The van der Waals surface area contributed by atoms with Crippen LogP contribution in [0.2, 0.25) is 0 Å². The Morgan fingerprint density at radius 2 is 1.11 bits per heavy atom. The second-order valence-electron chi connectivity index (χ2n) is 10.3. The Kier molecular flexibility index (Phi) is 5.27. The van der Waals surface area contributed by atoms with Crippen molar-refractivity contribution in [1.82, 2.24) is 15.0 Å². The summed E-state index contributed by atoms with van der Waals surface area (Å²) >= 11 is 3.79. The molecule has 3 nitrogen and oxygen atoms in total. The molecule has 0 N–H and O–H groups in total. The van der Waals surface area contributed by atoms with Crippen LogP contribution in [0.3, 0.4) is 0 Å². The first-order chi connectivity index (χ1) is 18.5. The highest BCUT2D eigenvalue weighted by Gasteiger charge is 2.35. The molecule has 6 aromatic rings. The average Bonchev–Trinajstić information content (AvgIpc) is 3.19. The van der Waals surface area contributed by atoms with E-state index in [4.69, 9.17) is 15.0 Å². The molecule has 5 aromatic carbocycles. The summed E-state index contributed by atoms with van der Waals surface area (Å²) in [5.74, 6) is 1.97. The molecule has 0 saturated heterocycles. The summed E-state index contributed by atoms with van der Waals surface area (Å²) in [6, 6.07) is 38.0. The van der Waals surface area contributed by atoms with Crippen molar-refractivity contribution < 1.29 is 0 Å². The number of fused-ring (bicyclic) bond motifs is 4. The summed E-state index contributed by atoms with van der Waals surface area (Å²) < 4.78 is 0.956. The van der Waals surface area contributed by atoms with Crippen molar-refractivity contribution in [2.75, 3.05) is 0 Å². The third-order valence-electron chi connectivity index (χ3n) is 7.59. The molecule has 1 aliphatic carbocycles. The third kappa shape index (κ3) is 3.67. The van der Waals surface area contributed by atoms with E-state index in [1.54, 1.807) is 0 Å². The predicted molar refractivity (Wildman–Crippen MR) is 159 cm³/mol. The fourth-order valence-electron chi connectivity index (χ4n) is 5.58. The fraction of sp³-hybridized carbons (Fsp3) is 0.0882. The van der Waals surface area contributed by atoms with Crippen LogP contribution < -0.4 is 0 Å². The van der Waals surface area contributed by atoms with Gasteiger partial charge in [0.25, 0.3) is 0 Å². The largest absolute Gasteiger partial charge is 0.208 e. The van der Waals surface area contributed by atoms with Crippen molar-refractivity contribution in [3.05, 3.63) is 125 Å². The van der Waals surface area contributed by atoms with Gasteiger partial charge in [-0.25, -0.2) is 15.0 Å². The van der Waals surface area contributed by atoms with Gasteiger partial charge >= 0.3 is 0 Å². The van der Waals surface area contributed by atoms with E-state index in [0.29, 0.717) is 17.5 Å². The van der Waals surface area contributed by atoms with Crippen LogP contribution in [0.25, 0.3) is 56.1 Å². The minimum absolute atomic E-state index is 0.0418. The van der Waals surface area contributed by atoms with Gasteiger partial charge < -0.3 is 0 Å². The van der Waals surface area contributed by atoms with Crippen molar-refractivity contribution in [3.63, 3.8) is 0 Å². The lowest BCUT2D eigenvalue weighted by atomic mass is 9.82. The number of aromatic nitrogens is 3. The molecule has 0 unspecified atom stereocenters. The number of hydrogen-bond donors (Lipinski definition) is 0. The van der Waals surface area contributed by atoms with Crippen LogP contribution in [0.1, 0.15) is 25.0 Å². The number of halogens is 1. The van der Waals surface area contributed by atoms with Crippen LogP contribution in [-0.2, 0) is 5.41 Å². The fourth-order valence-corrected chi connectivity index (χ4v) is 6.12. The van der Waals surface area contributed by atoms with Crippen LogP contribution >= 0.6 is 15.9 Å². The topological polar surface area (TPSA) is 38.7 Å². The summed E-state index contributed by atoms with van der Waals surface area (Å²) in [6.45, 7) is 4.59. The van der Waals surface area contributed by atoms with Gasteiger partial charge in [-0.3, -0.25) is 0 Å². The van der Waals surface area contributed by atoms with Crippen molar-refractivity contribution in [1.29, 1.82) is 0 Å². The Labute approximate surface area is 230 Å². The van der Waals surface area contributed by atoms with Crippen molar-refractivity contribution in [2.24, 2.45) is 0 Å². The van der Waals surface area contributed by atoms with Gasteiger partial charge in [0.2, 0.25) is 0 Å². The van der Waals surface area contributed by atoms with E-state index in [2.05, 4.69) is 109 Å². The maximum absolute atomic E-state index is 5.03. The SMILES string of the molecule is CC1(C)c2ccccc2-c2cc(-c3nc(-c4ccccc4)nc(-c4cc5ccccc5cc4Br)n3)ccc21. The van der Waals surface area contributed by atoms with Gasteiger partial charge in [-0.05, 0) is 51.2 Å². The maximum Gasteiger partial charge on any atom is 0.165 e. The van der Waals surface area contributed by atoms with Gasteiger partial charge in [-0.1, -0.05) is 121 Å². The van der Waals surface area contributed by atoms with Crippen LogP contribution in [0.4, 0.5) is 0 Å². The van der Waals surface area contributed by atoms with Gasteiger partial charge in [0, 0.05) is 26.6 Å². The van der Waals surface area contributed by atoms with E-state index >= 15 is 0 Å². The van der Waals surface area contributed by atoms with Crippen LogP contribution in [-0.4, -0.2) is 15.0 Å². The Bertz CT molecular complexity index is 1860. The van der Waals surface area contributed by atoms with E-state index in [9.17, 15) is 0 Å². The second kappa shape index (κ2) is 8.71. The highest BCUT2D eigenvalue weighted by Crippen LogP contribution is 2.49. The first-order valence-corrected chi connectivity index (χ1v) is 13.5. The molecule has 0 spiro atoms. The molecule has 7 rings (SSSR count). The van der Waals surface area contributed by atoms with E-state index in [1.807, 2.05) is 30.3 Å². The van der Waals surface area contributed by atoms with E-state index in [-0.39, 0.29) is 5.41 Å². The smallest absolute Gasteiger partial charge is 0.165 e. The Balaban J connectivity index is 1.45. The maximum atomic E-state index is 5.03. The van der Waals surface area contributed by atoms with E-state index in [1.165, 1.54) is 27.6 Å². The van der Waals surface area contributed by atoms with Gasteiger partial charge in [-0.2, -0.15) is 0 Å². The quantitative estimate of drug-likeness (QED) is 0.219. The lowest BCUT2D eigenvalue weighted by molar-refractivity contribution is 0.660. The lowest BCUT2D eigenvalue weighted by Gasteiger charge is -2.21. The Morgan fingerprint density at radius 3 is 1.89 bits per heavy atom. The van der Waals surface area contributed by atoms with Crippen LogP contribution in [0.5, 0.6) is 0 Å². The molecule has 1 aliphatic rings. The summed E-state index contributed by atoms with van der Waals surface area (Å²) in [5, 5.41) is 2.31. The number of rotatable bonds is 3. The summed E-state index contributed by atoms with van der Waals surface area (Å²) in [4.78, 5) is 15.0. The highest BCUT2D eigenvalue weighted by molar-refractivity contribution is 9.10. The zero-order chi connectivity index (χ0) is 25.9. The zero-order valence-corrected chi connectivity index (χ0v) is 22.7. The molecule has 4 heteroatoms. The molecular formula is C34H24BrN3. The molecule has 0 fully saturated rings. The highest BCUT2D eigenvalue weighted by atomic mass is 79.9. The van der Waals surface area contributed by atoms with Crippen LogP contribution in [0, 0.1) is 0 Å². The first-order valence-electron chi connectivity index (χ1n) is 12.7. The first kappa shape index (κ1) is 23.0. The van der Waals surface area contributed by atoms with Crippen molar-refractivity contribution >= 4 is 26.7 Å². The van der Waals surface area contributed by atoms with Gasteiger partial charge in [-0.15, -0.1) is 0 Å². The molecule has 0 amide bonds. The van der Waals surface area contributed by atoms with Crippen molar-refractivity contribution in [3.8, 4) is 45.3 Å². The van der Waals surface area contributed by atoms with Gasteiger partial charge in [0.15, 0.2) is 17.5 Å². The van der Waals surface area contributed by atoms with E-state index < -0.39 is 0 Å². The van der Waals surface area contributed by atoms with Gasteiger partial charge in [0.05, 0.1) is 0 Å². The lowest BCUT2D eigenvalue weighted by Crippen LogP contribution is -2.14. The molecule has 38 heavy (non-hydrogen) atoms. The zero-order valence-electron chi connectivity index (χ0n) is 21.1. The molecule has 1 heterocycles. The second-order valence-corrected chi connectivity index (χ2v) is 11.1. The Hall–Kier alpha value is -4.15. The standard InChI is InChI=1S/C34H24BrN3/c1-34(2)28-15-9-8-14-25(28)26-19-24(16-17-29(26)34)32-36-31(21-10-4-3-5-11-21)37-33(38-32)27-18-22-12-6-7-13-23(22)20-30(27)35/h3-20H,1-2H3. The number of hydrogen-bond acceptors (Lipinski definition) is 3. The predicted octanol–water partition coefficient (Wildman–Crippen LogP) is 9.09. The molecule has 0 bridgehead atoms. The molecule has 0 atom stereocenters.